The lowest BCUT2D eigenvalue weighted by Gasteiger charge is -2.23. The third-order valence-corrected chi connectivity index (χ3v) is 3.22. The molecule has 1 atom stereocenters. The molecule has 1 rings (SSSR count). The lowest BCUT2D eigenvalue weighted by Crippen LogP contribution is -2.38. The summed E-state index contributed by atoms with van der Waals surface area (Å²) < 4.78 is 5.57. The minimum Gasteiger partial charge on any atom is -0.376 e. The SMILES string of the molecule is C=CCCOCc1ccc(C(C)CNC(C)(C)C)cc1. The molecular weight excluding hydrogens is 246 g/mol. The van der Waals surface area contributed by atoms with Gasteiger partial charge in [-0.15, -0.1) is 6.58 Å². The summed E-state index contributed by atoms with van der Waals surface area (Å²) in [4.78, 5) is 0. The normalized spacial score (nSPS) is 13.2. The number of rotatable bonds is 8. The number of benzene rings is 1. The predicted molar refractivity (Wildman–Crippen MR) is 87.1 cm³/mol. The van der Waals surface area contributed by atoms with Crippen LogP contribution in [0.25, 0.3) is 0 Å². The molecule has 2 nitrogen and oxygen atoms in total. The topological polar surface area (TPSA) is 21.3 Å². The van der Waals surface area contributed by atoms with Crippen molar-refractivity contribution in [2.75, 3.05) is 13.2 Å². The molecule has 20 heavy (non-hydrogen) atoms. The molecule has 0 saturated carbocycles. The van der Waals surface area contributed by atoms with E-state index < -0.39 is 0 Å². The van der Waals surface area contributed by atoms with E-state index in [0.717, 1.165) is 19.6 Å². The second kappa shape index (κ2) is 8.23. The first kappa shape index (κ1) is 16.9. The van der Waals surface area contributed by atoms with Gasteiger partial charge < -0.3 is 10.1 Å². The quantitative estimate of drug-likeness (QED) is 0.565. The van der Waals surface area contributed by atoms with E-state index in [0.29, 0.717) is 12.5 Å². The van der Waals surface area contributed by atoms with Gasteiger partial charge in [-0.05, 0) is 44.2 Å². The fourth-order valence-electron chi connectivity index (χ4n) is 1.88. The highest BCUT2D eigenvalue weighted by Gasteiger charge is 2.12. The molecule has 0 radical (unpaired) electrons. The molecule has 1 unspecified atom stereocenters. The van der Waals surface area contributed by atoms with Crippen molar-refractivity contribution in [3.8, 4) is 0 Å². The molecule has 112 valence electrons. The third-order valence-electron chi connectivity index (χ3n) is 3.22. The van der Waals surface area contributed by atoms with E-state index in [9.17, 15) is 0 Å². The monoisotopic (exact) mass is 275 g/mol. The minimum atomic E-state index is 0.174. The summed E-state index contributed by atoms with van der Waals surface area (Å²) >= 11 is 0. The Morgan fingerprint density at radius 3 is 2.45 bits per heavy atom. The molecule has 0 bridgehead atoms. The Labute approximate surface area is 124 Å². The molecule has 1 aromatic carbocycles. The first-order valence-electron chi connectivity index (χ1n) is 7.45. The van der Waals surface area contributed by atoms with Crippen LogP contribution in [0.1, 0.15) is 51.2 Å². The molecule has 0 amide bonds. The van der Waals surface area contributed by atoms with Gasteiger partial charge in [0, 0.05) is 12.1 Å². The fraction of sp³-hybridized carbons (Fsp3) is 0.556. The Balaban J connectivity index is 2.42. The fourth-order valence-corrected chi connectivity index (χ4v) is 1.88. The van der Waals surface area contributed by atoms with E-state index in [1.807, 2.05) is 6.08 Å². The minimum absolute atomic E-state index is 0.174. The van der Waals surface area contributed by atoms with Crippen molar-refractivity contribution in [1.82, 2.24) is 5.32 Å². The lowest BCUT2D eigenvalue weighted by atomic mass is 9.98. The number of nitrogens with one attached hydrogen (secondary N) is 1. The van der Waals surface area contributed by atoms with Crippen LogP contribution in [-0.4, -0.2) is 18.7 Å². The Morgan fingerprint density at radius 2 is 1.90 bits per heavy atom. The first-order valence-corrected chi connectivity index (χ1v) is 7.45. The highest BCUT2D eigenvalue weighted by molar-refractivity contribution is 5.25. The van der Waals surface area contributed by atoms with Gasteiger partial charge in [0.2, 0.25) is 0 Å². The van der Waals surface area contributed by atoms with Gasteiger partial charge in [-0.25, -0.2) is 0 Å². The Bertz CT molecular complexity index is 389. The maximum atomic E-state index is 5.57. The summed E-state index contributed by atoms with van der Waals surface area (Å²) in [5.74, 6) is 0.518. The van der Waals surface area contributed by atoms with Crippen LogP contribution in [0.5, 0.6) is 0 Å². The maximum absolute atomic E-state index is 5.57. The van der Waals surface area contributed by atoms with Crippen molar-refractivity contribution in [2.24, 2.45) is 0 Å². The molecule has 0 heterocycles. The molecule has 1 N–H and O–H groups in total. The lowest BCUT2D eigenvalue weighted by molar-refractivity contribution is 0.125. The van der Waals surface area contributed by atoms with E-state index in [2.05, 4.69) is 63.9 Å². The van der Waals surface area contributed by atoms with Crippen molar-refractivity contribution in [1.29, 1.82) is 0 Å². The zero-order chi connectivity index (χ0) is 15.0. The zero-order valence-electron chi connectivity index (χ0n) is 13.4. The van der Waals surface area contributed by atoms with Gasteiger partial charge in [0.05, 0.1) is 13.2 Å². The van der Waals surface area contributed by atoms with Crippen molar-refractivity contribution >= 4 is 0 Å². The van der Waals surface area contributed by atoms with Crippen LogP contribution in [0.4, 0.5) is 0 Å². The van der Waals surface area contributed by atoms with Crippen LogP contribution in [0.15, 0.2) is 36.9 Å². The second-order valence-electron chi connectivity index (χ2n) is 6.40. The summed E-state index contributed by atoms with van der Waals surface area (Å²) in [6.45, 7) is 15.0. The number of hydrogen-bond acceptors (Lipinski definition) is 2. The number of hydrogen-bond donors (Lipinski definition) is 1. The van der Waals surface area contributed by atoms with Gasteiger partial charge >= 0.3 is 0 Å². The summed E-state index contributed by atoms with van der Waals surface area (Å²) in [5, 5.41) is 3.55. The van der Waals surface area contributed by atoms with Crippen molar-refractivity contribution in [2.45, 2.75) is 52.2 Å². The van der Waals surface area contributed by atoms with Crippen LogP contribution in [0.2, 0.25) is 0 Å². The Kier molecular flexibility index (Phi) is 6.97. The molecule has 0 aromatic heterocycles. The highest BCUT2D eigenvalue weighted by atomic mass is 16.5. The van der Waals surface area contributed by atoms with E-state index >= 15 is 0 Å². The standard InChI is InChI=1S/C18H29NO/c1-6-7-12-20-14-16-8-10-17(11-9-16)15(2)13-19-18(3,4)5/h6,8-11,15,19H,1,7,12-14H2,2-5H3. The van der Waals surface area contributed by atoms with Crippen molar-refractivity contribution < 1.29 is 4.74 Å². The molecule has 1 aromatic rings. The molecule has 0 spiro atoms. The second-order valence-corrected chi connectivity index (χ2v) is 6.40. The largest absolute Gasteiger partial charge is 0.376 e. The summed E-state index contributed by atoms with van der Waals surface area (Å²) in [7, 11) is 0. The predicted octanol–water partition coefficient (Wildman–Crippen LogP) is 4.27. The van der Waals surface area contributed by atoms with Crippen molar-refractivity contribution in [3.63, 3.8) is 0 Å². The van der Waals surface area contributed by atoms with Crippen LogP contribution in [0.3, 0.4) is 0 Å². The third kappa shape index (κ3) is 6.88. The Morgan fingerprint density at radius 1 is 1.25 bits per heavy atom. The molecule has 0 aliphatic carbocycles. The van der Waals surface area contributed by atoms with Crippen LogP contribution in [-0.2, 0) is 11.3 Å². The summed E-state index contributed by atoms with van der Waals surface area (Å²) in [5.41, 5.74) is 2.78. The van der Waals surface area contributed by atoms with Gasteiger partial charge in [-0.1, -0.05) is 37.3 Å². The van der Waals surface area contributed by atoms with Crippen LogP contribution < -0.4 is 5.32 Å². The van der Waals surface area contributed by atoms with Gasteiger partial charge in [0.25, 0.3) is 0 Å². The summed E-state index contributed by atoms with van der Waals surface area (Å²) in [6, 6.07) is 8.75. The van der Waals surface area contributed by atoms with Gasteiger partial charge in [-0.3, -0.25) is 0 Å². The smallest absolute Gasteiger partial charge is 0.0717 e. The van der Waals surface area contributed by atoms with Gasteiger partial charge in [-0.2, -0.15) is 0 Å². The zero-order valence-corrected chi connectivity index (χ0v) is 13.4. The molecule has 0 aliphatic heterocycles. The highest BCUT2D eigenvalue weighted by Crippen LogP contribution is 2.16. The van der Waals surface area contributed by atoms with Gasteiger partial charge in [0.1, 0.15) is 0 Å². The van der Waals surface area contributed by atoms with Crippen LogP contribution in [0, 0.1) is 0 Å². The molecular formula is C18H29NO. The average molecular weight is 275 g/mol. The van der Waals surface area contributed by atoms with E-state index in [1.165, 1.54) is 11.1 Å². The average Bonchev–Trinajstić information content (AvgIpc) is 2.41. The van der Waals surface area contributed by atoms with E-state index in [-0.39, 0.29) is 5.54 Å². The molecule has 0 saturated heterocycles. The van der Waals surface area contributed by atoms with E-state index in [1.54, 1.807) is 0 Å². The maximum Gasteiger partial charge on any atom is 0.0717 e. The van der Waals surface area contributed by atoms with E-state index in [4.69, 9.17) is 4.74 Å². The van der Waals surface area contributed by atoms with Crippen LogP contribution >= 0.6 is 0 Å². The van der Waals surface area contributed by atoms with Gasteiger partial charge in [0.15, 0.2) is 0 Å². The first-order chi connectivity index (χ1) is 9.42. The van der Waals surface area contributed by atoms with Crippen molar-refractivity contribution in [3.05, 3.63) is 48.0 Å². The molecule has 0 aliphatic rings. The molecule has 0 fully saturated rings. The number of ether oxygens (including phenoxy) is 1. The Hall–Kier alpha value is -1.12. The summed E-state index contributed by atoms with van der Waals surface area (Å²) in [6.07, 6.45) is 2.79. The molecule has 2 heteroatoms.